The van der Waals surface area contributed by atoms with Gasteiger partial charge in [0.2, 0.25) is 0 Å². The summed E-state index contributed by atoms with van der Waals surface area (Å²) in [5.74, 6) is 0. The van der Waals surface area contributed by atoms with Crippen molar-refractivity contribution in [2.45, 2.75) is 70.8 Å². The molecule has 0 amide bonds. The van der Waals surface area contributed by atoms with Crippen LogP contribution in [0.5, 0.6) is 0 Å². The second-order valence-electron chi connectivity index (χ2n) is 4.89. The van der Waals surface area contributed by atoms with Crippen LogP contribution in [0, 0.1) is 0 Å². The highest BCUT2D eigenvalue weighted by molar-refractivity contribution is 7.10. The molecule has 1 atom stereocenters. The first-order valence-corrected chi connectivity index (χ1v) is 8.01. The number of rotatable bonds is 10. The van der Waals surface area contributed by atoms with Gasteiger partial charge in [0, 0.05) is 10.9 Å². The van der Waals surface area contributed by atoms with Crippen molar-refractivity contribution < 1.29 is 0 Å². The number of nitrogens with two attached hydrogens (primary N) is 1. The summed E-state index contributed by atoms with van der Waals surface area (Å²) in [6.45, 7) is 2.27. The monoisotopic (exact) mass is 253 g/mol. The third-order valence-corrected chi connectivity index (χ3v) is 4.28. The van der Waals surface area contributed by atoms with Crippen molar-refractivity contribution in [2.75, 3.05) is 0 Å². The standard InChI is InChI=1S/C15H27NS/c1-2-3-4-5-6-7-8-9-11-14(16)15-12-10-13-17-15/h10,12-14H,2-9,11,16H2,1H3. The zero-order valence-corrected chi connectivity index (χ0v) is 12.0. The molecule has 0 saturated heterocycles. The molecule has 0 spiro atoms. The van der Waals surface area contributed by atoms with Crippen LogP contribution in [0.2, 0.25) is 0 Å². The van der Waals surface area contributed by atoms with Crippen LogP contribution < -0.4 is 5.73 Å². The van der Waals surface area contributed by atoms with E-state index in [1.54, 1.807) is 11.3 Å². The number of hydrogen-bond donors (Lipinski definition) is 1. The van der Waals surface area contributed by atoms with Gasteiger partial charge in [0.1, 0.15) is 0 Å². The average Bonchev–Trinajstić information content (AvgIpc) is 2.86. The van der Waals surface area contributed by atoms with Gasteiger partial charge in [0.05, 0.1) is 0 Å². The van der Waals surface area contributed by atoms with E-state index in [2.05, 4.69) is 24.4 Å². The molecule has 0 aromatic carbocycles. The predicted molar refractivity (Wildman–Crippen MR) is 78.5 cm³/mol. The molecule has 0 radical (unpaired) electrons. The third-order valence-electron chi connectivity index (χ3n) is 3.28. The maximum Gasteiger partial charge on any atom is 0.0389 e. The van der Waals surface area contributed by atoms with Gasteiger partial charge in [0.15, 0.2) is 0 Å². The highest BCUT2D eigenvalue weighted by atomic mass is 32.1. The zero-order chi connectivity index (χ0) is 12.3. The Balaban J connectivity index is 1.90. The second-order valence-corrected chi connectivity index (χ2v) is 5.86. The highest BCUT2D eigenvalue weighted by Crippen LogP contribution is 2.22. The molecule has 0 saturated carbocycles. The van der Waals surface area contributed by atoms with Gasteiger partial charge in [-0.05, 0) is 17.9 Å². The van der Waals surface area contributed by atoms with Crippen LogP contribution in [0.25, 0.3) is 0 Å². The normalized spacial score (nSPS) is 12.8. The molecule has 2 heteroatoms. The lowest BCUT2D eigenvalue weighted by Gasteiger charge is -2.08. The minimum atomic E-state index is 0.273. The molecule has 0 fully saturated rings. The molecule has 0 aliphatic heterocycles. The van der Waals surface area contributed by atoms with Crippen molar-refractivity contribution in [3.05, 3.63) is 22.4 Å². The lowest BCUT2D eigenvalue weighted by Crippen LogP contribution is -2.07. The topological polar surface area (TPSA) is 26.0 Å². The minimum Gasteiger partial charge on any atom is -0.323 e. The van der Waals surface area contributed by atoms with Gasteiger partial charge >= 0.3 is 0 Å². The molecule has 2 N–H and O–H groups in total. The van der Waals surface area contributed by atoms with E-state index in [0.717, 1.165) is 6.42 Å². The van der Waals surface area contributed by atoms with E-state index in [4.69, 9.17) is 5.73 Å². The van der Waals surface area contributed by atoms with Gasteiger partial charge in [-0.3, -0.25) is 0 Å². The average molecular weight is 253 g/mol. The summed E-state index contributed by atoms with van der Waals surface area (Å²) in [6.07, 6.45) is 12.2. The van der Waals surface area contributed by atoms with Crippen LogP contribution in [0.4, 0.5) is 0 Å². The van der Waals surface area contributed by atoms with Crippen molar-refractivity contribution in [1.82, 2.24) is 0 Å². The molecular weight excluding hydrogens is 226 g/mol. The molecule has 1 nitrogen and oxygen atoms in total. The maximum absolute atomic E-state index is 6.13. The Morgan fingerprint density at radius 3 is 2.29 bits per heavy atom. The van der Waals surface area contributed by atoms with Crippen molar-refractivity contribution >= 4 is 11.3 Å². The Kier molecular flexibility index (Phi) is 8.37. The summed E-state index contributed by atoms with van der Waals surface area (Å²) in [6, 6.07) is 4.52. The van der Waals surface area contributed by atoms with Crippen molar-refractivity contribution in [2.24, 2.45) is 5.73 Å². The molecule has 1 aromatic rings. The quantitative estimate of drug-likeness (QED) is 0.564. The number of thiophene rings is 1. The molecule has 1 heterocycles. The summed E-state index contributed by atoms with van der Waals surface area (Å²) in [4.78, 5) is 1.34. The maximum atomic E-state index is 6.13. The van der Waals surface area contributed by atoms with Crippen LogP contribution in [-0.2, 0) is 0 Å². The number of unbranched alkanes of at least 4 members (excludes halogenated alkanes) is 7. The molecule has 1 aromatic heterocycles. The van der Waals surface area contributed by atoms with Crippen LogP contribution in [0.1, 0.15) is 75.6 Å². The summed E-state index contributed by atoms with van der Waals surface area (Å²) < 4.78 is 0. The van der Waals surface area contributed by atoms with Gasteiger partial charge in [-0.25, -0.2) is 0 Å². The lowest BCUT2D eigenvalue weighted by molar-refractivity contribution is 0.539. The molecule has 1 unspecified atom stereocenters. The van der Waals surface area contributed by atoms with Crippen LogP contribution >= 0.6 is 11.3 Å². The van der Waals surface area contributed by atoms with E-state index >= 15 is 0 Å². The number of hydrogen-bond acceptors (Lipinski definition) is 2. The molecule has 0 bridgehead atoms. The molecule has 1 rings (SSSR count). The zero-order valence-electron chi connectivity index (χ0n) is 11.2. The van der Waals surface area contributed by atoms with Gasteiger partial charge in [-0.15, -0.1) is 11.3 Å². The first-order valence-electron chi connectivity index (χ1n) is 7.13. The van der Waals surface area contributed by atoms with E-state index in [-0.39, 0.29) is 6.04 Å². The van der Waals surface area contributed by atoms with Gasteiger partial charge in [-0.1, -0.05) is 64.4 Å². The Morgan fingerprint density at radius 2 is 1.71 bits per heavy atom. The molecule has 0 aliphatic carbocycles. The Labute approximate surface area is 110 Å². The molecule has 17 heavy (non-hydrogen) atoms. The van der Waals surface area contributed by atoms with Crippen molar-refractivity contribution in [3.63, 3.8) is 0 Å². The van der Waals surface area contributed by atoms with Gasteiger partial charge in [-0.2, -0.15) is 0 Å². The smallest absolute Gasteiger partial charge is 0.0389 e. The second kappa shape index (κ2) is 9.67. The van der Waals surface area contributed by atoms with E-state index in [1.807, 2.05) is 0 Å². The lowest BCUT2D eigenvalue weighted by atomic mass is 10.0. The SMILES string of the molecule is CCCCCCCCCCC(N)c1cccs1. The fourth-order valence-electron chi connectivity index (χ4n) is 2.14. The van der Waals surface area contributed by atoms with Crippen LogP contribution in [0.3, 0.4) is 0 Å². The molecule has 0 aliphatic rings. The highest BCUT2D eigenvalue weighted by Gasteiger charge is 2.05. The minimum absolute atomic E-state index is 0.273. The van der Waals surface area contributed by atoms with E-state index < -0.39 is 0 Å². The van der Waals surface area contributed by atoms with Gasteiger partial charge in [0.25, 0.3) is 0 Å². The fourth-order valence-corrected chi connectivity index (χ4v) is 2.91. The van der Waals surface area contributed by atoms with Gasteiger partial charge < -0.3 is 5.73 Å². The first kappa shape index (κ1) is 14.7. The Hall–Kier alpha value is -0.340. The van der Waals surface area contributed by atoms with E-state index in [1.165, 1.54) is 56.2 Å². The third kappa shape index (κ3) is 6.85. The predicted octanol–water partition coefficient (Wildman–Crippen LogP) is 5.28. The summed E-state index contributed by atoms with van der Waals surface area (Å²) in [5.41, 5.74) is 6.13. The molecule has 98 valence electrons. The van der Waals surface area contributed by atoms with E-state index in [9.17, 15) is 0 Å². The summed E-state index contributed by atoms with van der Waals surface area (Å²) in [7, 11) is 0. The van der Waals surface area contributed by atoms with Crippen molar-refractivity contribution in [3.8, 4) is 0 Å². The molecular formula is C15H27NS. The van der Waals surface area contributed by atoms with Crippen LogP contribution in [0.15, 0.2) is 17.5 Å². The largest absolute Gasteiger partial charge is 0.323 e. The Bertz CT molecular complexity index is 256. The van der Waals surface area contributed by atoms with Crippen LogP contribution in [-0.4, -0.2) is 0 Å². The first-order chi connectivity index (χ1) is 8.34. The fraction of sp³-hybridized carbons (Fsp3) is 0.733. The summed E-state index contributed by atoms with van der Waals surface area (Å²) in [5, 5.41) is 2.11. The van der Waals surface area contributed by atoms with E-state index in [0.29, 0.717) is 0 Å². The van der Waals surface area contributed by atoms with Crippen molar-refractivity contribution in [1.29, 1.82) is 0 Å². The Morgan fingerprint density at radius 1 is 1.06 bits per heavy atom. The summed E-state index contributed by atoms with van der Waals surface area (Å²) >= 11 is 1.78.